The fraction of sp³-hybridized carbons (Fsp3) is 0.760. The van der Waals surface area contributed by atoms with Crippen LogP contribution >= 0.6 is 0 Å². The molecule has 2 heteroatoms. The summed E-state index contributed by atoms with van der Waals surface area (Å²) in [6.45, 7) is 4.51. The average Bonchev–Trinajstić information content (AvgIpc) is 2.69. The van der Waals surface area contributed by atoms with Crippen molar-refractivity contribution in [2.24, 2.45) is 0 Å². The molecule has 1 aromatic heterocycles. The third-order valence-electron chi connectivity index (χ3n) is 5.44. The van der Waals surface area contributed by atoms with Crippen molar-refractivity contribution < 1.29 is 4.79 Å². The van der Waals surface area contributed by atoms with Crippen LogP contribution in [0.5, 0.6) is 0 Å². The van der Waals surface area contributed by atoms with Gasteiger partial charge >= 0.3 is 0 Å². The van der Waals surface area contributed by atoms with Crippen LogP contribution in [-0.2, 0) is 6.42 Å². The number of aryl methyl sites for hydroxylation is 1. The summed E-state index contributed by atoms with van der Waals surface area (Å²) in [5.74, 6) is 0.272. The van der Waals surface area contributed by atoms with E-state index in [1.54, 1.807) is 6.20 Å². The lowest BCUT2D eigenvalue weighted by Crippen LogP contribution is -2.01. The first kappa shape index (κ1) is 23.9. The molecule has 0 aromatic carbocycles. The number of carbonyl (C=O) groups excluding carboxylic acids is 1. The Hall–Kier alpha value is -1.18. The summed E-state index contributed by atoms with van der Waals surface area (Å²) >= 11 is 0. The maximum atomic E-state index is 12.4. The lowest BCUT2D eigenvalue weighted by atomic mass is 10.0. The number of carbonyl (C=O) groups is 1. The Morgan fingerprint density at radius 2 is 1.22 bits per heavy atom. The van der Waals surface area contributed by atoms with Gasteiger partial charge in [0.15, 0.2) is 5.78 Å². The quantitative estimate of drug-likeness (QED) is 0.192. The Kier molecular flexibility index (Phi) is 15.0. The van der Waals surface area contributed by atoms with Crippen molar-refractivity contribution in [1.82, 2.24) is 4.98 Å². The largest absolute Gasteiger partial charge is 0.294 e. The number of rotatable bonds is 18. The molecule has 0 radical (unpaired) electrons. The molecule has 0 saturated heterocycles. The number of unbranched alkanes of at least 4 members (excludes halogenated alkanes) is 13. The van der Waals surface area contributed by atoms with Crippen LogP contribution in [0.4, 0.5) is 0 Å². The molecule has 0 unspecified atom stereocenters. The third kappa shape index (κ3) is 12.8. The normalized spacial score (nSPS) is 11.0. The van der Waals surface area contributed by atoms with E-state index in [9.17, 15) is 4.79 Å². The fourth-order valence-corrected chi connectivity index (χ4v) is 3.63. The summed E-state index contributed by atoms with van der Waals surface area (Å²) in [5, 5.41) is 0. The van der Waals surface area contributed by atoms with E-state index in [-0.39, 0.29) is 5.78 Å². The molecule has 0 amide bonds. The van der Waals surface area contributed by atoms with Gasteiger partial charge in [-0.1, -0.05) is 97.3 Å². The van der Waals surface area contributed by atoms with Crippen LogP contribution in [0.2, 0.25) is 0 Å². The zero-order valence-corrected chi connectivity index (χ0v) is 18.1. The van der Waals surface area contributed by atoms with E-state index >= 15 is 0 Å². The van der Waals surface area contributed by atoms with Gasteiger partial charge in [0.1, 0.15) is 0 Å². The molecule has 0 spiro atoms. The van der Waals surface area contributed by atoms with E-state index in [0.717, 1.165) is 18.4 Å². The maximum absolute atomic E-state index is 12.4. The molecule has 0 aliphatic carbocycles. The molecule has 0 aliphatic heterocycles. The second kappa shape index (κ2) is 17.0. The van der Waals surface area contributed by atoms with Crippen molar-refractivity contribution >= 4 is 5.78 Å². The van der Waals surface area contributed by atoms with Crippen LogP contribution in [0.15, 0.2) is 18.5 Å². The predicted octanol–water partition coefficient (Wildman–Crippen LogP) is 8.09. The monoisotopic (exact) mass is 373 g/mol. The molecule has 1 rings (SSSR count). The third-order valence-corrected chi connectivity index (χ3v) is 5.44. The average molecular weight is 374 g/mol. The highest BCUT2D eigenvalue weighted by molar-refractivity contribution is 5.95. The number of Topliss-reactive ketones (excluding diaryl/α,β-unsaturated/α-hetero) is 1. The molecule has 0 N–H and O–H groups in total. The van der Waals surface area contributed by atoms with Crippen molar-refractivity contribution in [3.63, 3.8) is 0 Å². The zero-order valence-electron chi connectivity index (χ0n) is 18.1. The van der Waals surface area contributed by atoms with Crippen LogP contribution in [-0.4, -0.2) is 10.8 Å². The summed E-state index contributed by atoms with van der Waals surface area (Å²) in [6, 6.07) is 2.08. The first-order valence-electron chi connectivity index (χ1n) is 11.7. The lowest BCUT2D eigenvalue weighted by Gasteiger charge is -2.05. The summed E-state index contributed by atoms with van der Waals surface area (Å²) in [4.78, 5) is 16.7. The molecule has 1 aromatic rings. The summed E-state index contributed by atoms with van der Waals surface area (Å²) < 4.78 is 0. The number of hydrogen-bond donors (Lipinski definition) is 0. The van der Waals surface area contributed by atoms with Gasteiger partial charge in [-0.3, -0.25) is 9.78 Å². The summed E-state index contributed by atoms with van der Waals surface area (Å²) in [5.41, 5.74) is 2.05. The SMILES string of the molecule is CCCCCCCCCCc1cncc(C(=O)CCCCCCCCC)c1. The molecule has 2 nitrogen and oxygen atoms in total. The van der Waals surface area contributed by atoms with Crippen molar-refractivity contribution in [2.75, 3.05) is 0 Å². The van der Waals surface area contributed by atoms with E-state index in [1.165, 1.54) is 95.5 Å². The van der Waals surface area contributed by atoms with E-state index in [4.69, 9.17) is 0 Å². The first-order chi connectivity index (χ1) is 13.3. The van der Waals surface area contributed by atoms with Gasteiger partial charge in [-0.05, 0) is 30.9 Å². The highest BCUT2D eigenvalue weighted by atomic mass is 16.1. The molecule has 27 heavy (non-hydrogen) atoms. The van der Waals surface area contributed by atoms with Crippen molar-refractivity contribution in [1.29, 1.82) is 0 Å². The minimum absolute atomic E-state index is 0.272. The number of pyridine rings is 1. The maximum Gasteiger partial charge on any atom is 0.164 e. The van der Waals surface area contributed by atoms with Gasteiger partial charge in [-0.15, -0.1) is 0 Å². The minimum atomic E-state index is 0.272. The molecule has 1 heterocycles. The van der Waals surface area contributed by atoms with Crippen molar-refractivity contribution in [2.45, 2.75) is 123 Å². The van der Waals surface area contributed by atoms with Gasteiger partial charge in [-0.25, -0.2) is 0 Å². The number of nitrogens with zero attached hydrogens (tertiary/aromatic N) is 1. The Labute approximate surface area is 168 Å². The van der Waals surface area contributed by atoms with Gasteiger partial charge in [0.2, 0.25) is 0 Å². The van der Waals surface area contributed by atoms with Crippen molar-refractivity contribution in [3.8, 4) is 0 Å². The molecule has 0 fully saturated rings. The predicted molar refractivity (Wildman–Crippen MR) is 117 cm³/mol. The van der Waals surface area contributed by atoms with E-state index in [0.29, 0.717) is 6.42 Å². The Morgan fingerprint density at radius 1 is 0.704 bits per heavy atom. The fourth-order valence-electron chi connectivity index (χ4n) is 3.63. The molecular weight excluding hydrogens is 330 g/mol. The Morgan fingerprint density at radius 3 is 1.81 bits per heavy atom. The summed E-state index contributed by atoms with van der Waals surface area (Å²) in [6.07, 6.45) is 24.9. The van der Waals surface area contributed by atoms with Crippen LogP contribution < -0.4 is 0 Å². The highest BCUT2D eigenvalue weighted by Gasteiger charge is 2.07. The Bertz CT molecular complexity index is 483. The zero-order chi connectivity index (χ0) is 19.6. The molecule has 0 bridgehead atoms. The van der Waals surface area contributed by atoms with Gasteiger partial charge in [0, 0.05) is 24.4 Å². The molecule has 0 saturated carbocycles. The van der Waals surface area contributed by atoms with Gasteiger partial charge in [0.25, 0.3) is 0 Å². The minimum Gasteiger partial charge on any atom is -0.294 e. The standard InChI is InChI=1S/C25H43NO/c1-3-5-7-9-11-13-14-16-18-23-20-24(22-26-21-23)25(27)19-17-15-12-10-8-6-4-2/h20-22H,3-19H2,1-2H3. The molecular formula is C25H43NO. The summed E-state index contributed by atoms with van der Waals surface area (Å²) in [7, 11) is 0. The van der Waals surface area contributed by atoms with Crippen molar-refractivity contribution in [3.05, 3.63) is 29.6 Å². The topological polar surface area (TPSA) is 30.0 Å². The van der Waals surface area contributed by atoms with Crippen LogP contribution in [0, 0.1) is 0 Å². The Balaban J connectivity index is 2.15. The second-order valence-corrected chi connectivity index (χ2v) is 8.10. The first-order valence-corrected chi connectivity index (χ1v) is 11.7. The number of aromatic nitrogens is 1. The lowest BCUT2D eigenvalue weighted by molar-refractivity contribution is 0.0978. The second-order valence-electron chi connectivity index (χ2n) is 8.10. The van der Waals surface area contributed by atoms with Crippen LogP contribution in [0.1, 0.15) is 133 Å². The molecule has 154 valence electrons. The van der Waals surface area contributed by atoms with E-state index in [1.807, 2.05) is 6.20 Å². The van der Waals surface area contributed by atoms with E-state index < -0.39 is 0 Å². The highest BCUT2D eigenvalue weighted by Crippen LogP contribution is 2.14. The smallest absolute Gasteiger partial charge is 0.164 e. The number of hydrogen-bond acceptors (Lipinski definition) is 2. The van der Waals surface area contributed by atoms with Crippen LogP contribution in [0.3, 0.4) is 0 Å². The molecule has 0 aliphatic rings. The van der Waals surface area contributed by atoms with Gasteiger partial charge in [-0.2, -0.15) is 0 Å². The van der Waals surface area contributed by atoms with Gasteiger partial charge < -0.3 is 0 Å². The number of ketones is 1. The van der Waals surface area contributed by atoms with Crippen LogP contribution in [0.25, 0.3) is 0 Å². The van der Waals surface area contributed by atoms with E-state index in [2.05, 4.69) is 24.9 Å². The molecule has 0 atom stereocenters. The van der Waals surface area contributed by atoms with Gasteiger partial charge in [0.05, 0.1) is 0 Å².